The maximum Gasteiger partial charge on any atom is 0.293 e. The second-order valence-corrected chi connectivity index (χ2v) is 6.97. The minimum absolute atomic E-state index is 0.0459. The number of hydrogen-bond donors (Lipinski definition) is 1. The third-order valence-corrected chi connectivity index (χ3v) is 5.06. The molecule has 5 rings (SSSR count). The number of hydrogen-bond acceptors (Lipinski definition) is 8. The average Bonchev–Trinajstić information content (AvgIpc) is 3.34. The van der Waals surface area contributed by atoms with Crippen molar-refractivity contribution in [1.82, 2.24) is 29.5 Å². The predicted molar refractivity (Wildman–Crippen MR) is 106 cm³/mol. The van der Waals surface area contributed by atoms with Crippen LogP contribution >= 0.6 is 0 Å². The quantitative estimate of drug-likeness (QED) is 0.551. The highest BCUT2D eigenvalue weighted by Crippen LogP contribution is 2.34. The van der Waals surface area contributed by atoms with Gasteiger partial charge in [-0.15, -0.1) is 5.10 Å². The number of likely N-dealkylation sites (tertiary alicyclic amines) is 1. The Labute approximate surface area is 170 Å². The van der Waals surface area contributed by atoms with Crippen molar-refractivity contribution in [3.8, 4) is 28.8 Å². The normalized spacial score (nSPS) is 13.3. The molecule has 4 aromatic rings. The number of anilines is 1. The fraction of sp³-hybridized carbons (Fsp3) is 0.200. The van der Waals surface area contributed by atoms with Gasteiger partial charge in [0, 0.05) is 18.7 Å². The van der Waals surface area contributed by atoms with Crippen molar-refractivity contribution in [2.45, 2.75) is 13.3 Å². The van der Waals surface area contributed by atoms with Crippen molar-refractivity contribution >= 4 is 17.4 Å². The lowest BCUT2D eigenvalue weighted by Crippen LogP contribution is -2.42. The summed E-state index contributed by atoms with van der Waals surface area (Å²) in [4.78, 5) is 27.4. The molecule has 0 atom stereocenters. The van der Waals surface area contributed by atoms with Crippen LogP contribution in [0.25, 0.3) is 28.4 Å². The molecule has 10 heteroatoms. The van der Waals surface area contributed by atoms with Gasteiger partial charge in [0.25, 0.3) is 5.91 Å². The molecule has 2 N–H and O–H groups in total. The van der Waals surface area contributed by atoms with Gasteiger partial charge in [-0.25, -0.2) is 14.5 Å². The Morgan fingerprint density at radius 2 is 2.13 bits per heavy atom. The maximum atomic E-state index is 12.7. The summed E-state index contributed by atoms with van der Waals surface area (Å²) >= 11 is 0. The summed E-state index contributed by atoms with van der Waals surface area (Å²) in [5, 5.41) is 13.7. The Balaban J connectivity index is 1.80. The minimum atomic E-state index is -0.252. The first kappa shape index (κ1) is 17.8. The summed E-state index contributed by atoms with van der Waals surface area (Å²) in [5.41, 5.74) is 9.09. The van der Waals surface area contributed by atoms with Gasteiger partial charge in [-0.1, -0.05) is 12.1 Å². The number of aryl methyl sites for hydroxylation is 1. The number of nitriles is 1. The number of nitrogens with zero attached hydrogens (tertiary/aromatic N) is 7. The van der Waals surface area contributed by atoms with Crippen LogP contribution in [0.5, 0.6) is 0 Å². The van der Waals surface area contributed by atoms with Crippen LogP contribution in [-0.4, -0.2) is 48.5 Å². The van der Waals surface area contributed by atoms with Gasteiger partial charge < -0.3 is 15.1 Å². The zero-order valence-corrected chi connectivity index (χ0v) is 16.0. The molecule has 1 aromatic carbocycles. The van der Waals surface area contributed by atoms with E-state index < -0.39 is 0 Å². The van der Waals surface area contributed by atoms with E-state index in [2.05, 4.69) is 26.1 Å². The molecule has 1 saturated heterocycles. The minimum Gasteiger partial charge on any atom is -0.441 e. The van der Waals surface area contributed by atoms with Crippen LogP contribution in [-0.2, 0) is 0 Å². The summed E-state index contributed by atoms with van der Waals surface area (Å²) < 4.78 is 7.10. The second-order valence-electron chi connectivity index (χ2n) is 6.97. The number of amides is 1. The number of rotatable bonds is 3. The summed E-state index contributed by atoms with van der Waals surface area (Å²) in [5.74, 6) is 0.336. The van der Waals surface area contributed by atoms with E-state index in [-0.39, 0.29) is 23.2 Å². The Morgan fingerprint density at radius 1 is 1.30 bits per heavy atom. The molecule has 1 aliphatic rings. The molecule has 3 aromatic heterocycles. The van der Waals surface area contributed by atoms with Gasteiger partial charge in [-0.2, -0.15) is 10.2 Å². The molecular weight excluding hydrogens is 384 g/mol. The summed E-state index contributed by atoms with van der Waals surface area (Å²) in [6.45, 7) is 3.16. The second kappa shape index (κ2) is 6.66. The molecule has 4 heterocycles. The van der Waals surface area contributed by atoms with E-state index in [1.165, 1.54) is 10.9 Å². The highest BCUT2D eigenvalue weighted by molar-refractivity contribution is 5.92. The average molecular weight is 400 g/mol. The highest BCUT2D eigenvalue weighted by atomic mass is 16.3. The van der Waals surface area contributed by atoms with Crippen molar-refractivity contribution in [3.05, 3.63) is 47.7 Å². The van der Waals surface area contributed by atoms with Crippen LogP contribution in [0, 0.1) is 18.3 Å². The number of benzene rings is 1. The first-order valence-corrected chi connectivity index (χ1v) is 9.33. The molecule has 0 saturated carbocycles. The lowest BCUT2D eigenvalue weighted by atomic mass is 10.0. The summed E-state index contributed by atoms with van der Waals surface area (Å²) in [7, 11) is 0. The number of carbonyl (C=O) groups is 1. The number of fused-ring (bicyclic) bond motifs is 1. The number of carbonyl (C=O) groups excluding carboxylic acids is 1. The molecule has 30 heavy (non-hydrogen) atoms. The molecule has 0 aliphatic carbocycles. The SMILES string of the molecule is Cc1ncoc1-c1c(-c2cccc(C#N)c2)nc(N)c2nc(C(=O)N3CCC3)nn12. The fourth-order valence-electron chi connectivity index (χ4n) is 3.38. The number of nitrogens with two attached hydrogens (primary N) is 1. The van der Waals surface area contributed by atoms with Crippen molar-refractivity contribution in [1.29, 1.82) is 5.26 Å². The third kappa shape index (κ3) is 2.68. The molecule has 1 aliphatic heterocycles. The number of oxazole rings is 1. The fourth-order valence-corrected chi connectivity index (χ4v) is 3.38. The molecule has 0 unspecified atom stereocenters. The first-order chi connectivity index (χ1) is 14.6. The van der Waals surface area contributed by atoms with Gasteiger partial charge in [0.2, 0.25) is 5.82 Å². The van der Waals surface area contributed by atoms with Gasteiger partial charge in [0.1, 0.15) is 11.4 Å². The Morgan fingerprint density at radius 3 is 2.80 bits per heavy atom. The molecule has 1 fully saturated rings. The lowest BCUT2D eigenvalue weighted by molar-refractivity contribution is 0.0639. The largest absolute Gasteiger partial charge is 0.441 e. The van der Waals surface area contributed by atoms with Gasteiger partial charge in [0.05, 0.1) is 17.3 Å². The van der Waals surface area contributed by atoms with Crippen LogP contribution in [0.3, 0.4) is 0 Å². The molecule has 0 spiro atoms. The Hall–Kier alpha value is -4.26. The van der Waals surface area contributed by atoms with E-state index in [0.29, 0.717) is 47.1 Å². The van der Waals surface area contributed by atoms with Gasteiger partial charge in [0.15, 0.2) is 23.6 Å². The summed E-state index contributed by atoms with van der Waals surface area (Å²) in [6, 6.07) is 9.09. The van der Waals surface area contributed by atoms with Crippen LogP contribution in [0.4, 0.5) is 5.82 Å². The molecule has 148 valence electrons. The Bertz CT molecular complexity index is 1340. The highest BCUT2D eigenvalue weighted by Gasteiger charge is 2.28. The van der Waals surface area contributed by atoms with Crippen molar-refractivity contribution in [2.75, 3.05) is 18.8 Å². The predicted octanol–water partition coefficient (Wildman–Crippen LogP) is 2.05. The number of nitrogen functional groups attached to an aromatic ring is 1. The van der Waals surface area contributed by atoms with Gasteiger partial charge in [-0.05, 0) is 25.5 Å². The molecule has 10 nitrogen and oxygen atoms in total. The van der Waals surface area contributed by atoms with Crippen LogP contribution in [0.15, 0.2) is 35.1 Å². The van der Waals surface area contributed by atoms with Crippen LogP contribution in [0.1, 0.15) is 28.3 Å². The first-order valence-electron chi connectivity index (χ1n) is 9.33. The van der Waals surface area contributed by atoms with Crippen molar-refractivity contribution in [3.63, 3.8) is 0 Å². The van der Waals surface area contributed by atoms with E-state index >= 15 is 0 Å². The standard InChI is InChI=1S/C20H16N8O2/c1-11-16(30-10-23-11)15-14(13-5-2-4-12(8-13)9-21)24-17(22)19-25-18(26-28(15)19)20(29)27-6-3-7-27/h2,4-5,8,10H,3,6-7H2,1H3,(H2,22,24). The third-order valence-electron chi connectivity index (χ3n) is 5.06. The monoisotopic (exact) mass is 400 g/mol. The molecule has 1 amide bonds. The Kier molecular flexibility index (Phi) is 3.96. The molecule has 0 bridgehead atoms. The molecule has 0 radical (unpaired) electrons. The zero-order valence-electron chi connectivity index (χ0n) is 16.0. The molecular formula is C20H16N8O2. The van der Waals surface area contributed by atoms with Crippen LogP contribution < -0.4 is 5.73 Å². The van der Waals surface area contributed by atoms with E-state index in [1.807, 2.05) is 6.07 Å². The topological polar surface area (TPSA) is 139 Å². The maximum absolute atomic E-state index is 12.7. The van der Waals surface area contributed by atoms with E-state index in [9.17, 15) is 10.1 Å². The van der Waals surface area contributed by atoms with Crippen molar-refractivity contribution < 1.29 is 9.21 Å². The van der Waals surface area contributed by atoms with E-state index in [4.69, 9.17) is 10.2 Å². The van der Waals surface area contributed by atoms with Crippen LogP contribution in [0.2, 0.25) is 0 Å². The van der Waals surface area contributed by atoms with Crippen molar-refractivity contribution in [2.24, 2.45) is 0 Å². The lowest BCUT2D eigenvalue weighted by Gasteiger charge is -2.29. The van der Waals surface area contributed by atoms with E-state index in [1.54, 1.807) is 30.0 Å². The smallest absolute Gasteiger partial charge is 0.293 e. The zero-order chi connectivity index (χ0) is 20.8. The van der Waals surface area contributed by atoms with Gasteiger partial charge >= 0.3 is 0 Å². The van der Waals surface area contributed by atoms with Gasteiger partial charge in [-0.3, -0.25) is 4.79 Å². The summed E-state index contributed by atoms with van der Waals surface area (Å²) in [6.07, 6.45) is 2.29. The number of aromatic nitrogens is 5. The van der Waals surface area contributed by atoms with E-state index in [0.717, 1.165) is 6.42 Å².